The molecule has 1 atom stereocenters. The third kappa shape index (κ3) is 3.73. The molecule has 0 aromatic heterocycles. The number of hydrogen-bond acceptors (Lipinski definition) is 3. The number of esters is 1. The molecule has 0 bridgehead atoms. The lowest BCUT2D eigenvalue weighted by atomic mass is 9.69. The minimum atomic E-state index is -1.36. The highest BCUT2D eigenvalue weighted by Crippen LogP contribution is 2.45. The number of hydrogen-bond donors (Lipinski definition) is 1. The molecule has 2 aromatic carbocycles. The van der Waals surface area contributed by atoms with Crippen LogP contribution in [0.4, 0.5) is 0 Å². The SMILES string of the molecule is COC(=O)/C(=C\c1ccccc1)C(O)(c1ccccc1)C1CCCCC1. The first-order chi connectivity index (χ1) is 12.7. The number of carbonyl (C=O) groups excluding carboxylic acids is 1. The first-order valence-corrected chi connectivity index (χ1v) is 9.29. The fourth-order valence-corrected chi connectivity index (χ4v) is 3.97. The van der Waals surface area contributed by atoms with Crippen molar-refractivity contribution < 1.29 is 14.6 Å². The van der Waals surface area contributed by atoms with Crippen molar-refractivity contribution >= 4 is 12.0 Å². The first-order valence-electron chi connectivity index (χ1n) is 9.29. The Morgan fingerprint density at radius 1 is 1.00 bits per heavy atom. The molecule has 136 valence electrons. The number of aliphatic hydroxyl groups is 1. The summed E-state index contributed by atoms with van der Waals surface area (Å²) in [5.41, 5.74) is 0.576. The van der Waals surface area contributed by atoms with Crippen molar-refractivity contribution in [2.24, 2.45) is 5.92 Å². The molecular formula is C23H26O3. The molecule has 3 nitrogen and oxygen atoms in total. The van der Waals surface area contributed by atoms with Crippen molar-refractivity contribution in [2.75, 3.05) is 7.11 Å². The molecule has 0 radical (unpaired) electrons. The van der Waals surface area contributed by atoms with E-state index < -0.39 is 11.6 Å². The molecule has 26 heavy (non-hydrogen) atoms. The van der Waals surface area contributed by atoms with Crippen LogP contribution in [0.15, 0.2) is 66.2 Å². The lowest BCUT2D eigenvalue weighted by Crippen LogP contribution is -2.41. The molecule has 1 aliphatic carbocycles. The second-order valence-corrected chi connectivity index (χ2v) is 6.93. The molecule has 2 aromatic rings. The van der Waals surface area contributed by atoms with Crippen molar-refractivity contribution in [1.29, 1.82) is 0 Å². The fourth-order valence-electron chi connectivity index (χ4n) is 3.97. The summed E-state index contributed by atoms with van der Waals surface area (Å²) in [7, 11) is 1.37. The Morgan fingerprint density at radius 3 is 2.15 bits per heavy atom. The van der Waals surface area contributed by atoms with Gasteiger partial charge in [-0.2, -0.15) is 0 Å². The van der Waals surface area contributed by atoms with E-state index in [9.17, 15) is 9.90 Å². The average molecular weight is 350 g/mol. The molecule has 1 fully saturated rings. The highest BCUT2D eigenvalue weighted by molar-refractivity contribution is 5.96. The van der Waals surface area contributed by atoms with Crippen LogP contribution >= 0.6 is 0 Å². The van der Waals surface area contributed by atoms with E-state index in [0.29, 0.717) is 5.57 Å². The minimum Gasteiger partial charge on any atom is -0.466 e. The summed E-state index contributed by atoms with van der Waals surface area (Å²) in [4.78, 5) is 12.7. The van der Waals surface area contributed by atoms with Crippen LogP contribution in [0.3, 0.4) is 0 Å². The predicted molar refractivity (Wildman–Crippen MR) is 103 cm³/mol. The van der Waals surface area contributed by atoms with Gasteiger partial charge < -0.3 is 9.84 Å². The summed E-state index contributed by atoms with van der Waals surface area (Å²) < 4.78 is 5.08. The molecule has 0 amide bonds. The van der Waals surface area contributed by atoms with Crippen molar-refractivity contribution in [2.45, 2.75) is 37.7 Å². The monoisotopic (exact) mass is 350 g/mol. The maximum atomic E-state index is 12.7. The van der Waals surface area contributed by atoms with E-state index in [1.54, 1.807) is 6.08 Å². The number of benzene rings is 2. The van der Waals surface area contributed by atoms with Crippen LogP contribution < -0.4 is 0 Å². The van der Waals surface area contributed by atoms with Gasteiger partial charge in [-0.3, -0.25) is 0 Å². The molecule has 3 rings (SSSR count). The zero-order chi connectivity index (χ0) is 18.4. The van der Waals surface area contributed by atoms with Crippen LogP contribution in [0.25, 0.3) is 6.08 Å². The van der Waals surface area contributed by atoms with Crippen molar-refractivity contribution in [3.8, 4) is 0 Å². The zero-order valence-corrected chi connectivity index (χ0v) is 15.2. The van der Waals surface area contributed by atoms with E-state index in [0.717, 1.165) is 36.8 Å². The Balaban J connectivity index is 2.16. The van der Waals surface area contributed by atoms with Gasteiger partial charge in [-0.25, -0.2) is 4.79 Å². The van der Waals surface area contributed by atoms with Gasteiger partial charge in [-0.1, -0.05) is 79.9 Å². The molecule has 1 unspecified atom stereocenters. The highest BCUT2D eigenvalue weighted by Gasteiger charge is 2.45. The molecule has 0 aliphatic heterocycles. The summed E-state index contributed by atoms with van der Waals surface area (Å²) in [6.07, 6.45) is 6.88. The van der Waals surface area contributed by atoms with E-state index in [-0.39, 0.29) is 5.92 Å². The summed E-state index contributed by atoms with van der Waals surface area (Å²) >= 11 is 0. The normalized spacial score (nSPS) is 18.2. The summed E-state index contributed by atoms with van der Waals surface area (Å²) in [6.45, 7) is 0. The Morgan fingerprint density at radius 2 is 1.58 bits per heavy atom. The van der Waals surface area contributed by atoms with Crippen LogP contribution in [0.2, 0.25) is 0 Å². The number of carbonyl (C=O) groups is 1. The third-order valence-electron chi connectivity index (χ3n) is 5.34. The van der Waals surface area contributed by atoms with Crippen molar-refractivity contribution in [3.05, 3.63) is 77.4 Å². The van der Waals surface area contributed by atoms with Crippen molar-refractivity contribution in [3.63, 3.8) is 0 Å². The Bertz CT molecular complexity index is 746. The predicted octanol–water partition coefficient (Wildman–Crippen LogP) is 4.71. The van der Waals surface area contributed by atoms with Crippen LogP contribution in [-0.2, 0) is 15.1 Å². The van der Waals surface area contributed by atoms with Gasteiger partial charge in [0.2, 0.25) is 0 Å². The molecule has 0 heterocycles. The number of rotatable bonds is 5. The van der Waals surface area contributed by atoms with Gasteiger partial charge in [-0.15, -0.1) is 0 Å². The van der Waals surface area contributed by atoms with Gasteiger partial charge in [0.05, 0.1) is 12.7 Å². The minimum absolute atomic E-state index is 0.00675. The van der Waals surface area contributed by atoms with E-state index in [2.05, 4.69) is 0 Å². The maximum absolute atomic E-state index is 12.7. The second kappa shape index (κ2) is 8.33. The second-order valence-electron chi connectivity index (χ2n) is 6.93. The van der Waals surface area contributed by atoms with Crippen LogP contribution in [-0.4, -0.2) is 18.2 Å². The smallest absolute Gasteiger partial charge is 0.337 e. The summed E-state index contributed by atoms with van der Waals surface area (Å²) in [5.74, 6) is -0.488. The molecule has 0 saturated heterocycles. The Hall–Kier alpha value is -2.39. The standard InChI is InChI=1S/C23H26O3/c1-26-22(24)21(17-18-11-5-2-6-12-18)23(25,19-13-7-3-8-14-19)20-15-9-4-10-16-20/h2-3,5-8,11-14,17,20,25H,4,9-10,15-16H2,1H3/b21-17+. The number of ether oxygens (including phenoxy) is 1. The molecule has 0 spiro atoms. The van der Waals surface area contributed by atoms with E-state index in [4.69, 9.17) is 4.74 Å². The van der Waals surface area contributed by atoms with Gasteiger partial charge in [0.15, 0.2) is 0 Å². The molecule has 3 heteroatoms. The van der Waals surface area contributed by atoms with Crippen molar-refractivity contribution in [1.82, 2.24) is 0 Å². The van der Waals surface area contributed by atoms with Gasteiger partial charge in [-0.05, 0) is 36.0 Å². The molecule has 1 aliphatic rings. The first kappa shape index (κ1) is 18.4. The van der Waals surface area contributed by atoms with E-state index in [1.807, 2.05) is 60.7 Å². The topological polar surface area (TPSA) is 46.5 Å². The highest BCUT2D eigenvalue weighted by atomic mass is 16.5. The lowest BCUT2D eigenvalue weighted by Gasteiger charge is -2.40. The largest absolute Gasteiger partial charge is 0.466 e. The fraction of sp³-hybridized carbons (Fsp3) is 0.348. The maximum Gasteiger partial charge on any atom is 0.337 e. The lowest BCUT2D eigenvalue weighted by molar-refractivity contribution is -0.140. The molecular weight excluding hydrogens is 324 g/mol. The quantitative estimate of drug-likeness (QED) is 0.627. The third-order valence-corrected chi connectivity index (χ3v) is 5.34. The van der Waals surface area contributed by atoms with Gasteiger partial charge in [0.1, 0.15) is 5.60 Å². The van der Waals surface area contributed by atoms with Crippen LogP contribution in [0.1, 0.15) is 43.2 Å². The zero-order valence-electron chi connectivity index (χ0n) is 15.2. The Labute approximate surface area is 155 Å². The van der Waals surface area contributed by atoms with Gasteiger partial charge in [0, 0.05) is 0 Å². The Kier molecular flexibility index (Phi) is 5.89. The van der Waals surface area contributed by atoms with E-state index >= 15 is 0 Å². The van der Waals surface area contributed by atoms with Crippen LogP contribution in [0.5, 0.6) is 0 Å². The summed E-state index contributed by atoms with van der Waals surface area (Å²) in [6, 6.07) is 19.1. The molecule has 1 saturated carbocycles. The van der Waals surface area contributed by atoms with E-state index in [1.165, 1.54) is 13.5 Å². The average Bonchev–Trinajstić information content (AvgIpc) is 2.73. The molecule has 1 N–H and O–H groups in total. The van der Waals surface area contributed by atoms with Gasteiger partial charge in [0.25, 0.3) is 0 Å². The van der Waals surface area contributed by atoms with Gasteiger partial charge >= 0.3 is 5.97 Å². The van der Waals surface area contributed by atoms with Crippen LogP contribution in [0, 0.1) is 5.92 Å². The number of methoxy groups -OCH3 is 1. The summed E-state index contributed by atoms with van der Waals surface area (Å²) in [5, 5.41) is 12.0.